The number of alkyl halides is 3. The number of benzene rings is 1. The molecule has 0 aliphatic rings. The molecule has 0 aliphatic heterocycles. The molecule has 1 aromatic carbocycles. The highest BCUT2D eigenvalue weighted by atomic mass is 35.5. The molecule has 0 radical (unpaired) electrons. The van der Waals surface area contributed by atoms with Gasteiger partial charge in [0.05, 0.1) is 21.5 Å². The van der Waals surface area contributed by atoms with Crippen molar-refractivity contribution >= 4 is 33.2 Å². The van der Waals surface area contributed by atoms with E-state index in [4.69, 9.17) is 11.6 Å². The summed E-state index contributed by atoms with van der Waals surface area (Å²) < 4.78 is 39.2. The van der Waals surface area contributed by atoms with E-state index in [9.17, 15) is 13.2 Å². The number of hydrogen-bond acceptors (Lipinski definition) is 3. The van der Waals surface area contributed by atoms with Crippen molar-refractivity contribution in [2.45, 2.75) is 13.1 Å². The molecule has 108 valence electrons. The molecule has 21 heavy (non-hydrogen) atoms. The van der Waals surface area contributed by atoms with Crippen LogP contribution in [0, 0.1) is 6.92 Å². The average molecular weight is 329 g/mol. The van der Waals surface area contributed by atoms with Gasteiger partial charge < -0.3 is 0 Å². The third-order valence-corrected chi connectivity index (χ3v) is 4.15. The van der Waals surface area contributed by atoms with Gasteiger partial charge in [-0.3, -0.25) is 0 Å². The third kappa shape index (κ3) is 2.73. The molecule has 0 saturated heterocycles. The van der Waals surface area contributed by atoms with E-state index >= 15 is 0 Å². The average Bonchev–Trinajstić information content (AvgIpc) is 2.77. The van der Waals surface area contributed by atoms with Crippen molar-refractivity contribution in [3.8, 4) is 11.3 Å². The Bertz CT molecular complexity index is 827. The number of rotatable bonds is 1. The summed E-state index contributed by atoms with van der Waals surface area (Å²) in [6.07, 6.45) is -4.39. The lowest BCUT2D eigenvalue weighted by atomic mass is 10.1. The molecule has 0 saturated carbocycles. The van der Waals surface area contributed by atoms with E-state index in [0.717, 1.165) is 21.7 Å². The standard InChI is InChI=1S/C14H8ClF3N2S/c1-7-5-10-12(21-7)11(20-13(15)19-10)8-3-2-4-9(6-8)14(16,17)18/h2-6H,1H3. The maximum Gasteiger partial charge on any atom is 0.416 e. The zero-order chi connectivity index (χ0) is 15.2. The van der Waals surface area contributed by atoms with E-state index in [1.807, 2.05) is 13.0 Å². The first-order valence-electron chi connectivity index (χ1n) is 5.96. The van der Waals surface area contributed by atoms with E-state index in [1.165, 1.54) is 17.4 Å². The molecule has 7 heteroatoms. The van der Waals surface area contributed by atoms with Crippen LogP contribution in [0.15, 0.2) is 30.3 Å². The fraction of sp³-hybridized carbons (Fsp3) is 0.143. The Morgan fingerprint density at radius 2 is 1.90 bits per heavy atom. The van der Waals surface area contributed by atoms with Gasteiger partial charge >= 0.3 is 6.18 Å². The van der Waals surface area contributed by atoms with Crippen molar-refractivity contribution in [3.05, 3.63) is 46.1 Å². The number of halogens is 4. The predicted molar refractivity (Wildman–Crippen MR) is 77.6 cm³/mol. The van der Waals surface area contributed by atoms with Gasteiger partial charge in [0.25, 0.3) is 0 Å². The van der Waals surface area contributed by atoms with Crippen molar-refractivity contribution in [2.75, 3.05) is 0 Å². The SMILES string of the molecule is Cc1cc2nc(Cl)nc(-c3cccc(C(F)(F)F)c3)c2s1. The van der Waals surface area contributed by atoms with Gasteiger partial charge in [-0.2, -0.15) is 13.2 Å². The second kappa shape index (κ2) is 4.96. The van der Waals surface area contributed by atoms with E-state index in [0.29, 0.717) is 16.8 Å². The second-order valence-electron chi connectivity index (χ2n) is 4.49. The minimum atomic E-state index is -4.39. The predicted octanol–water partition coefficient (Wildman–Crippen LogP) is 5.34. The number of thiophene rings is 1. The summed E-state index contributed by atoms with van der Waals surface area (Å²) in [6, 6.07) is 6.89. The smallest absolute Gasteiger partial charge is 0.217 e. The van der Waals surface area contributed by atoms with Crippen molar-refractivity contribution in [3.63, 3.8) is 0 Å². The largest absolute Gasteiger partial charge is 0.416 e. The van der Waals surface area contributed by atoms with Gasteiger partial charge in [-0.05, 0) is 36.7 Å². The number of aryl methyl sites for hydroxylation is 1. The summed E-state index contributed by atoms with van der Waals surface area (Å²) >= 11 is 7.30. The lowest BCUT2D eigenvalue weighted by molar-refractivity contribution is -0.137. The number of aromatic nitrogens is 2. The van der Waals surface area contributed by atoms with Crippen LogP contribution in [0.25, 0.3) is 21.5 Å². The Morgan fingerprint density at radius 3 is 2.62 bits per heavy atom. The van der Waals surface area contributed by atoms with E-state index in [2.05, 4.69) is 9.97 Å². The summed E-state index contributed by atoms with van der Waals surface area (Å²) in [7, 11) is 0. The minimum Gasteiger partial charge on any atom is -0.217 e. The van der Waals surface area contributed by atoms with Crippen molar-refractivity contribution in [1.82, 2.24) is 9.97 Å². The van der Waals surface area contributed by atoms with Crippen LogP contribution in [-0.4, -0.2) is 9.97 Å². The number of hydrogen-bond donors (Lipinski definition) is 0. The van der Waals surface area contributed by atoms with E-state index in [1.54, 1.807) is 6.07 Å². The fourth-order valence-electron chi connectivity index (χ4n) is 2.06. The normalized spacial score (nSPS) is 12.0. The van der Waals surface area contributed by atoms with Gasteiger partial charge in [0.1, 0.15) is 0 Å². The fourth-order valence-corrected chi connectivity index (χ4v) is 3.20. The maximum absolute atomic E-state index is 12.8. The van der Waals surface area contributed by atoms with Crippen molar-refractivity contribution in [2.24, 2.45) is 0 Å². The molecular weight excluding hydrogens is 321 g/mol. The van der Waals surface area contributed by atoms with E-state index in [-0.39, 0.29) is 5.28 Å². The zero-order valence-corrected chi connectivity index (χ0v) is 12.3. The highest BCUT2D eigenvalue weighted by Gasteiger charge is 2.30. The van der Waals surface area contributed by atoms with Crippen LogP contribution in [0.4, 0.5) is 13.2 Å². The Kier molecular flexibility index (Phi) is 3.37. The molecular formula is C14H8ClF3N2S. The molecule has 2 heterocycles. The van der Waals surface area contributed by atoms with Crippen LogP contribution in [0.3, 0.4) is 0 Å². The van der Waals surface area contributed by atoms with Gasteiger partial charge in [0, 0.05) is 10.4 Å². The van der Waals surface area contributed by atoms with Crippen LogP contribution < -0.4 is 0 Å². The first kappa shape index (κ1) is 14.3. The van der Waals surface area contributed by atoms with E-state index < -0.39 is 11.7 Å². The van der Waals surface area contributed by atoms with Crippen LogP contribution in [0.2, 0.25) is 5.28 Å². The van der Waals surface area contributed by atoms with Gasteiger partial charge in [0.2, 0.25) is 5.28 Å². The summed E-state index contributed by atoms with van der Waals surface area (Å²) in [5.74, 6) is 0. The molecule has 0 unspecified atom stereocenters. The van der Waals surface area contributed by atoms with Crippen LogP contribution in [0.1, 0.15) is 10.4 Å². The lowest BCUT2D eigenvalue weighted by Crippen LogP contribution is -2.04. The molecule has 0 spiro atoms. The number of fused-ring (bicyclic) bond motifs is 1. The molecule has 0 N–H and O–H groups in total. The van der Waals surface area contributed by atoms with Crippen LogP contribution >= 0.6 is 22.9 Å². The molecule has 0 bridgehead atoms. The molecule has 2 nitrogen and oxygen atoms in total. The highest BCUT2D eigenvalue weighted by molar-refractivity contribution is 7.19. The zero-order valence-electron chi connectivity index (χ0n) is 10.7. The Labute approximate surface area is 127 Å². The molecule has 0 fully saturated rings. The molecule has 3 rings (SSSR count). The van der Waals surface area contributed by atoms with Crippen LogP contribution in [-0.2, 0) is 6.18 Å². The minimum absolute atomic E-state index is 0.0210. The molecule has 2 aromatic heterocycles. The van der Waals surface area contributed by atoms with Gasteiger partial charge in [0.15, 0.2) is 0 Å². The Morgan fingerprint density at radius 1 is 1.14 bits per heavy atom. The van der Waals surface area contributed by atoms with Gasteiger partial charge in [-0.25, -0.2) is 9.97 Å². The second-order valence-corrected chi connectivity index (χ2v) is 6.09. The maximum atomic E-state index is 12.8. The summed E-state index contributed by atoms with van der Waals surface area (Å²) in [5, 5.41) is 0.0210. The quantitative estimate of drug-likeness (QED) is 0.563. The Balaban J connectivity index is 2.25. The van der Waals surface area contributed by atoms with Crippen LogP contribution in [0.5, 0.6) is 0 Å². The molecule has 0 aliphatic carbocycles. The van der Waals surface area contributed by atoms with Crippen molar-refractivity contribution in [1.29, 1.82) is 0 Å². The molecule has 0 amide bonds. The first-order valence-corrected chi connectivity index (χ1v) is 7.15. The van der Waals surface area contributed by atoms with Gasteiger partial charge in [-0.15, -0.1) is 11.3 Å². The summed E-state index contributed by atoms with van der Waals surface area (Å²) in [5.41, 5.74) is 0.733. The van der Waals surface area contributed by atoms with Crippen molar-refractivity contribution < 1.29 is 13.2 Å². The molecule has 0 atom stereocenters. The summed E-state index contributed by atoms with van der Waals surface area (Å²) in [6.45, 7) is 1.90. The number of nitrogens with zero attached hydrogens (tertiary/aromatic N) is 2. The Hall–Kier alpha value is -1.66. The van der Waals surface area contributed by atoms with Gasteiger partial charge in [-0.1, -0.05) is 12.1 Å². The monoisotopic (exact) mass is 328 g/mol. The summed E-state index contributed by atoms with van der Waals surface area (Å²) in [4.78, 5) is 9.20. The third-order valence-electron chi connectivity index (χ3n) is 2.93. The lowest BCUT2D eigenvalue weighted by Gasteiger charge is -2.09. The molecule has 3 aromatic rings. The topological polar surface area (TPSA) is 25.8 Å². The first-order chi connectivity index (χ1) is 9.84. The highest BCUT2D eigenvalue weighted by Crippen LogP contribution is 2.36.